The Balaban J connectivity index is 1.52. The van der Waals surface area contributed by atoms with E-state index in [1.165, 1.54) is 17.5 Å². The number of hydrogen-bond donors (Lipinski definition) is 2. The lowest BCUT2D eigenvalue weighted by Crippen LogP contribution is -2.28. The maximum Gasteiger partial charge on any atom is 0.242 e. The van der Waals surface area contributed by atoms with Gasteiger partial charge in [-0.3, -0.25) is 4.79 Å². The molecule has 0 unspecified atom stereocenters. The van der Waals surface area contributed by atoms with Crippen LogP contribution >= 0.6 is 0 Å². The summed E-state index contributed by atoms with van der Waals surface area (Å²) in [4.78, 5) is 11.8. The van der Waals surface area contributed by atoms with E-state index in [9.17, 15) is 4.79 Å². The topological polar surface area (TPSA) is 99.0 Å². The second-order valence-corrected chi connectivity index (χ2v) is 5.14. The summed E-state index contributed by atoms with van der Waals surface area (Å²) >= 11 is 0. The van der Waals surface area contributed by atoms with Crippen molar-refractivity contribution >= 4 is 11.7 Å². The van der Waals surface area contributed by atoms with Crippen LogP contribution in [0.2, 0.25) is 0 Å². The summed E-state index contributed by atoms with van der Waals surface area (Å²) < 4.78 is 6.70. The molecular weight excluding hydrogens is 258 g/mol. The summed E-state index contributed by atoms with van der Waals surface area (Å²) in [6.45, 7) is 2.29. The van der Waals surface area contributed by atoms with Crippen molar-refractivity contribution in [2.75, 3.05) is 5.73 Å². The average Bonchev–Trinajstić information content (AvgIpc) is 3.06. The lowest BCUT2D eigenvalue weighted by Gasteiger charge is -2.04. The average molecular weight is 275 g/mol. The van der Waals surface area contributed by atoms with Crippen molar-refractivity contribution in [2.45, 2.75) is 38.8 Å². The van der Waals surface area contributed by atoms with Gasteiger partial charge in [0.15, 0.2) is 0 Å². The number of rotatable bonds is 5. The molecule has 1 saturated carbocycles. The van der Waals surface area contributed by atoms with Crippen molar-refractivity contribution < 1.29 is 9.32 Å². The number of aromatic nitrogens is 3. The Bertz CT molecular complexity index is 626. The van der Waals surface area contributed by atoms with Gasteiger partial charge in [-0.2, -0.15) is 5.10 Å². The van der Waals surface area contributed by atoms with Crippen LogP contribution in [0.15, 0.2) is 16.7 Å². The Labute approximate surface area is 116 Å². The van der Waals surface area contributed by atoms with Crippen molar-refractivity contribution in [1.82, 2.24) is 20.3 Å². The van der Waals surface area contributed by atoms with Crippen LogP contribution in [-0.2, 0) is 17.9 Å². The number of aryl methyl sites for hydroxylation is 1. The fraction of sp³-hybridized carbons (Fsp3) is 0.462. The zero-order valence-corrected chi connectivity index (χ0v) is 11.3. The summed E-state index contributed by atoms with van der Waals surface area (Å²) in [5.41, 5.74) is 7.27. The van der Waals surface area contributed by atoms with Gasteiger partial charge < -0.3 is 15.6 Å². The molecule has 7 nitrogen and oxygen atoms in total. The van der Waals surface area contributed by atoms with E-state index in [1.54, 1.807) is 6.07 Å². The summed E-state index contributed by atoms with van der Waals surface area (Å²) in [7, 11) is 0. The first-order valence-electron chi connectivity index (χ1n) is 6.64. The van der Waals surface area contributed by atoms with Crippen LogP contribution in [0.4, 0.5) is 5.82 Å². The number of nitrogens with zero attached hydrogens (tertiary/aromatic N) is 3. The van der Waals surface area contributed by atoms with Gasteiger partial charge in [0.25, 0.3) is 0 Å². The van der Waals surface area contributed by atoms with Gasteiger partial charge >= 0.3 is 0 Å². The fourth-order valence-electron chi connectivity index (χ4n) is 2.05. The highest BCUT2D eigenvalue weighted by atomic mass is 16.5. The third kappa shape index (κ3) is 2.81. The van der Waals surface area contributed by atoms with E-state index in [0.29, 0.717) is 18.3 Å². The maximum atomic E-state index is 11.8. The molecule has 0 spiro atoms. The molecule has 1 amide bonds. The molecule has 0 saturated heterocycles. The maximum absolute atomic E-state index is 11.8. The van der Waals surface area contributed by atoms with Crippen molar-refractivity contribution in [3.8, 4) is 0 Å². The first kappa shape index (κ1) is 12.7. The van der Waals surface area contributed by atoms with Gasteiger partial charge in [-0.15, -0.1) is 0 Å². The largest absolute Gasteiger partial charge is 0.384 e. The molecule has 0 aliphatic heterocycles. The molecule has 3 N–H and O–H groups in total. The molecule has 0 radical (unpaired) electrons. The zero-order valence-electron chi connectivity index (χ0n) is 11.3. The van der Waals surface area contributed by atoms with E-state index in [2.05, 4.69) is 15.6 Å². The number of anilines is 1. The van der Waals surface area contributed by atoms with Crippen LogP contribution in [0.1, 0.15) is 35.9 Å². The van der Waals surface area contributed by atoms with Gasteiger partial charge in [-0.05, 0) is 19.8 Å². The predicted octanol–water partition coefficient (Wildman–Crippen LogP) is 0.956. The van der Waals surface area contributed by atoms with Crippen LogP contribution in [-0.4, -0.2) is 20.8 Å². The van der Waals surface area contributed by atoms with Gasteiger partial charge in [0.05, 0.1) is 12.2 Å². The standard InChI is InChI=1S/C13H17N5O2/c1-8-4-12(14)18(16-8)7-13(19)15-6-10-5-11(20-17-10)9-2-3-9/h4-5,9H,2-3,6-7,14H2,1H3,(H,15,19). The first-order valence-corrected chi connectivity index (χ1v) is 6.64. The van der Waals surface area contributed by atoms with Crippen molar-refractivity contribution in [2.24, 2.45) is 0 Å². The summed E-state index contributed by atoms with van der Waals surface area (Å²) in [5.74, 6) is 1.77. The van der Waals surface area contributed by atoms with Gasteiger partial charge in [-0.25, -0.2) is 4.68 Å². The Morgan fingerprint density at radius 1 is 1.55 bits per heavy atom. The van der Waals surface area contributed by atoms with Crippen LogP contribution < -0.4 is 11.1 Å². The molecular formula is C13H17N5O2. The number of nitrogen functional groups attached to an aromatic ring is 1. The zero-order chi connectivity index (χ0) is 14.1. The monoisotopic (exact) mass is 275 g/mol. The van der Waals surface area contributed by atoms with Gasteiger partial charge in [0.1, 0.15) is 23.8 Å². The van der Waals surface area contributed by atoms with Crippen LogP contribution in [0, 0.1) is 6.92 Å². The molecule has 2 heterocycles. The van der Waals surface area contributed by atoms with E-state index in [-0.39, 0.29) is 12.5 Å². The molecule has 1 fully saturated rings. The van der Waals surface area contributed by atoms with Crippen molar-refractivity contribution in [3.05, 3.63) is 29.3 Å². The van der Waals surface area contributed by atoms with Crippen LogP contribution in [0.3, 0.4) is 0 Å². The minimum atomic E-state index is -0.157. The lowest BCUT2D eigenvalue weighted by atomic mass is 10.3. The Morgan fingerprint density at radius 3 is 3.00 bits per heavy atom. The Morgan fingerprint density at radius 2 is 2.35 bits per heavy atom. The molecule has 2 aromatic rings. The van der Waals surface area contributed by atoms with Crippen molar-refractivity contribution in [1.29, 1.82) is 0 Å². The van der Waals surface area contributed by atoms with E-state index in [1.807, 2.05) is 13.0 Å². The van der Waals surface area contributed by atoms with E-state index >= 15 is 0 Å². The number of nitrogens with one attached hydrogen (secondary N) is 1. The summed E-state index contributed by atoms with van der Waals surface area (Å²) in [5, 5.41) is 10.9. The van der Waals surface area contributed by atoms with Gasteiger partial charge in [0, 0.05) is 18.1 Å². The normalized spacial score (nSPS) is 14.4. The third-order valence-corrected chi connectivity index (χ3v) is 3.25. The molecule has 0 atom stereocenters. The van der Waals surface area contributed by atoms with E-state index in [4.69, 9.17) is 10.3 Å². The number of carbonyl (C=O) groups excluding carboxylic acids is 1. The molecule has 20 heavy (non-hydrogen) atoms. The molecule has 1 aliphatic rings. The van der Waals surface area contributed by atoms with E-state index in [0.717, 1.165) is 17.1 Å². The smallest absolute Gasteiger partial charge is 0.242 e. The Kier molecular flexibility index (Phi) is 3.17. The molecule has 7 heteroatoms. The van der Waals surface area contributed by atoms with E-state index < -0.39 is 0 Å². The SMILES string of the molecule is Cc1cc(N)n(CC(=O)NCc2cc(C3CC3)on2)n1. The third-order valence-electron chi connectivity index (χ3n) is 3.25. The highest BCUT2D eigenvalue weighted by molar-refractivity contribution is 5.76. The highest BCUT2D eigenvalue weighted by Crippen LogP contribution is 2.40. The van der Waals surface area contributed by atoms with Gasteiger partial charge in [-0.1, -0.05) is 5.16 Å². The second kappa shape index (κ2) is 4.99. The lowest BCUT2D eigenvalue weighted by molar-refractivity contribution is -0.122. The highest BCUT2D eigenvalue weighted by Gasteiger charge is 2.27. The predicted molar refractivity (Wildman–Crippen MR) is 71.7 cm³/mol. The minimum absolute atomic E-state index is 0.104. The quantitative estimate of drug-likeness (QED) is 0.846. The fourth-order valence-corrected chi connectivity index (χ4v) is 2.05. The summed E-state index contributed by atoms with van der Waals surface area (Å²) in [6.07, 6.45) is 2.33. The summed E-state index contributed by atoms with van der Waals surface area (Å²) in [6, 6.07) is 3.64. The molecule has 2 aromatic heterocycles. The molecule has 3 rings (SSSR count). The number of nitrogens with two attached hydrogens (primary N) is 1. The molecule has 0 bridgehead atoms. The number of hydrogen-bond acceptors (Lipinski definition) is 5. The van der Waals surface area contributed by atoms with Crippen LogP contribution in [0.5, 0.6) is 0 Å². The minimum Gasteiger partial charge on any atom is -0.384 e. The number of carbonyl (C=O) groups is 1. The van der Waals surface area contributed by atoms with Crippen LogP contribution in [0.25, 0.3) is 0 Å². The Hall–Kier alpha value is -2.31. The number of amides is 1. The first-order chi connectivity index (χ1) is 9.61. The molecule has 106 valence electrons. The molecule has 1 aliphatic carbocycles. The molecule has 0 aromatic carbocycles. The second-order valence-electron chi connectivity index (χ2n) is 5.14. The van der Waals surface area contributed by atoms with Gasteiger partial charge in [0.2, 0.25) is 5.91 Å². The van der Waals surface area contributed by atoms with Crippen molar-refractivity contribution in [3.63, 3.8) is 0 Å².